The molecule has 0 aliphatic heterocycles. The number of methoxy groups -OCH3 is 1. The first kappa shape index (κ1) is 10.4. The maximum absolute atomic E-state index is 11.2. The van der Waals surface area contributed by atoms with Crippen molar-refractivity contribution in [2.45, 2.75) is 25.7 Å². The molecule has 0 saturated heterocycles. The average Bonchev–Trinajstić information content (AvgIpc) is 2.17. The molecule has 0 aromatic heterocycles. The number of hydrogen-bond acceptors (Lipinski definition) is 3. The van der Waals surface area contributed by atoms with E-state index in [1.807, 2.05) is 0 Å². The molecule has 0 unspecified atom stereocenters. The van der Waals surface area contributed by atoms with Gasteiger partial charge in [-0.1, -0.05) is 12.2 Å². The summed E-state index contributed by atoms with van der Waals surface area (Å²) in [6.07, 6.45) is 3.56. The highest BCUT2D eigenvalue weighted by atomic mass is 32.1. The Kier molecular flexibility index (Phi) is 3.66. The second-order valence-corrected chi connectivity index (χ2v) is 3.95. The molecule has 2 N–H and O–H groups in total. The van der Waals surface area contributed by atoms with E-state index in [1.165, 1.54) is 7.11 Å². The largest absolute Gasteiger partial charge is 0.469 e. The number of thiocarbonyl (C=S) groups is 1. The molecular weight excluding hydrogens is 186 g/mol. The molecule has 0 atom stereocenters. The fourth-order valence-electron chi connectivity index (χ4n) is 1.78. The number of nitrogens with two attached hydrogens (primary N) is 1. The minimum Gasteiger partial charge on any atom is -0.469 e. The molecular formula is C9H15NO2S. The first-order chi connectivity index (χ1) is 6.15. The molecule has 1 saturated carbocycles. The van der Waals surface area contributed by atoms with E-state index in [2.05, 4.69) is 4.74 Å². The molecule has 4 heteroatoms. The van der Waals surface area contributed by atoms with Crippen molar-refractivity contribution in [3.8, 4) is 0 Å². The van der Waals surface area contributed by atoms with Crippen LogP contribution in [-0.4, -0.2) is 18.1 Å². The average molecular weight is 201 g/mol. The zero-order valence-corrected chi connectivity index (χ0v) is 8.60. The van der Waals surface area contributed by atoms with E-state index in [4.69, 9.17) is 18.0 Å². The quantitative estimate of drug-likeness (QED) is 0.539. The van der Waals surface area contributed by atoms with Crippen LogP contribution < -0.4 is 5.73 Å². The van der Waals surface area contributed by atoms with Crippen LogP contribution in [0.3, 0.4) is 0 Å². The summed E-state index contributed by atoms with van der Waals surface area (Å²) in [5.74, 6) is 0.299. The number of carbonyl (C=O) groups excluding carboxylic acids is 1. The second-order valence-electron chi connectivity index (χ2n) is 3.47. The van der Waals surface area contributed by atoms with Crippen LogP contribution in [0, 0.1) is 11.8 Å². The van der Waals surface area contributed by atoms with E-state index in [-0.39, 0.29) is 11.9 Å². The van der Waals surface area contributed by atoms with E-state index < -0.39 is 0 Å². The Morgan fingerprint density at radius 1 is 1.31 bits per heavy atom. The highest BCUT2D eigenvalue weighted by Crippen LogP contribution is 2.29. The second kappa shape index (κ2) is 4.56. The number of hydrogen-bond donors (Lipinski definition) is 1. The van der Waals surface area contributed by atoms with E-state index in [0.29, 0.717) is 10.9 Å². The van der Waals surface area contributed by atoms with Crippen molar-refractivity contribution in [1.82, 2.24) is 0 Å². The molecule has 1 aliphatic rings. The van der Waals surface area contributed by atoms with Crippen LogP contribution in [0.4, 0.5) is 0 Å². The van der Waals surface area contributed by atoms with Crippen LogP contribution in [0.1, 0.15) is 25.7 Å². The lowest BCUT2D eigenvalue weighted by Crippen LogP contribution is -2.29. The van der Waals surface area contributed by atoms with Gasteiger partial charge in [0.15, 0.2) is 0 Å². The summed E-state index contributed by atoms with van der Waals surface area (Å²) in [6, 6.07) is 0. The highest BCUT2D eigenvalue weighted by molar-refractivity contribution is 7.80. The third-order valence-corrected chi connectivity index (χ3v) is 3.00. The van der Waals surface area contributed by atoms with Crippen LogP contribution in [0.25, 0.3) is 0 Å². The van der Waals surface area contributed by atoms with E-state index in [1.54, 1.807) is 0 Å². The fraction of sp³-hybridized carbons (Fsp3) is 0.778. The van der Waals surface area contributed by atoms with E-state index >= 15 is 0 Å². The zero-order chi connectivity index (χ0) is 9.84. The Morgan fingerprint density at radius 3 is 2.15 bits per heavy atom. The number of esters is 1. The third kappa shape index (κ3) is 2.66. The van der Waals surface area contributed by atoms with Gasteiger partial charge in [0.2, 0.25) is 0 Å². The molecule has 0 aromatic carbocycles. The summed E-state index contributed by atoms with van der Waals surface area (Å²) >= 11 is 4.91. The smallest absolute Gasteiger partial charge is 0.308 e. The molecule has 0 heterocycles. The lowest BCUT2D eigenvalue weighted by molar-refractivity contribution is -0.146. The summed E-state index contributed by atoms with van der Waals surface area (Å²) in [4.78, 5) is 11.7. The van der Waals surface area contributed by atoms with Crippen LogP contribution >= 0.6 is 12.2 Å². The topological polar surface area (TPSA) is 52.3 Å². The van der Waals surface area contributed by atoms with Crippen molar-refractivity contribution in [2.24, 2.45) is 17.6 Å². The molecule has 1 aliphatic carbocycles. The minimum absolute atomic E-state index is 0.0654. The minimum atomic E-state index is -0.0959. The summed E-state index contributed by atoms with van der Waals surface area (Å²) in [5.41, 5.74) is 5.54. The first-order valence-electron chi connectivity index (χ1n) is 4.52. The number of rotatable bonds is 2. The van der Waals surface area contributed by atoms with Crippen molar-refractivity contribution in [3.05, 3.63) is 0 Å². The van der Waals surface area contributed by atoms with Gasteiger partial charge >= 0.3 is 5.97 Å². The zero-order valence-electron chi connectivity index (χ0n) is 7.79. The lowest BCUT2D eigenvalue weighted by Gasteiger charge is -2.25. The molecule has 0 bridgehead atoms. The summed E-state index contributed by atoms with van der Waals surface area (Å²) in [5, 5.41) is 0. The number of carbonyl (C=O) groups is 1. The van der Waals surface area contributed by atoms with Gasteiger partial charge < -0.3 is 10.5 Å². The fourth-order valence-corrected chi connectivity index (χ4v) is 2.02. The molecule has 74 valence electrons. The molecule has 0 radical (unpaired) electrons. The molecule has 1 fully saturated rings. The van der Waals surface area contributed by atoms with Crippen LogP contribution in [0.5, 0.6) is 0 Å². The van der Waals surface area contributed by atoms with E-state index in [0.717, 1.165) is 25.7 Å². The van der Waals surface area contributed by atoms with Gasteiger partial charge in [-0.15, -0.1) is 0 Å². The van der Waals surface area contributed by atoms with Crippen molar-refractivity contribution in [1.29, 1.82) is 0 Å². The lowest BCUT2D eigenvalue weighted by atomic mass is 9.82. The van der Waals surface area contributed by atoms with Gasteiger partial charge in [-0.05, 0) is 25.7 Å². The van der Waals surface area contributed by atoms with Gasteiger partial charge in [0.25, 0.3) is 0 Å². The van der Waals surface area contributed by atoms with Gasteiger partial charge in [0.1, 0.15) is 0 Å². The van der Waals surface area contributed by atoms with E-state index in [9.17, 15) is 4.79 Å². The van der Waals surface area contributed by atoms with Crippen LogP contribution in [0.2, 0.25) is 0 Å². The van der Waals surface area contributed by atoms with Gasteiger partial charge in [-0.25, -0.2) is 0 Å². The summed E-state index contributed by atoms with van der Waals surface area (Å²) in [7, 11) is 1.43. The Bertz CT molecular complexity index is 210. The van der Waals surface area contributed by atoms with Crippen molar-refractivity contribution in [3.63, 3.8) is 0 Å². The molecule has 1 rings (SSSR count). The molecule has 0 spiro atoms. The number of ether oxygens (including phenoxy) is 1. The van der Waals surface area contributed by atoms with Gasteiger partial charge in [-0.2, -0.15) is 0 Å². The van der Waals surface area contributed by atoms with Gasteiger partial charge in [0, 0.05) is 5.92 Å². The monoisotopic (exact) mass is 201 g/mol. The predicted octanol–water partition coefficient (Wildman–Crippen LogP) is 1.25. The Labute approximate surface area is 83.6 Å². The standard InChI is InChI=1S/C9H15NO2S/c1-12-9(11)7-4-2-6(3-5-7)8(10)13/h6-7H,2-5H2,1H3,(H2,10,13)/t6-,7-. The SMILES string of the molecule is COC(=O)[C@H]1CC[C@H](C(N)=S)CC1. The maximum atomic E-state index is 11.2. The molecule has 13 heavy (non-hydrogen) atoms. The molecule has 3 nitrogen and oxygen atoms in total. The van der Waals surface area contributed by atoms with Crippen molar-refractivity contribution < 1.29 is 9.53 Å². The van der Waals surface area contributed by atoms with Crippen molar-refractivity contribution >= 4 is 23.2 Å². The van der Waals surface area contributed by atoms with Crippen LogP contribution in [0.15, 0.2) is 0 Å². The summed E-state index contributed by atoms with van der Waals surface area (Å²) < 4.78 is 4.68. The van der Waals surface area contributed by atoms with Crippen LogP contribution in [-0.2, 0) is 9.53 Å². The summed E-state index contributed by atoms with van der Waals surface area (Å²) in [6.45, 7) is 0. The Morgan fingerprint density at radius 2 is 1.77 bits per heavy atom. The maximum Gasteiger partial charge on any atom is 0.308 e. The third-order valence-electron chi connectivity index (χ3n) is 2.66. The molecule has 0 amide bonds. The van der Waals surface area contributed by atoms with Gasteiger partial charge in [0.05, 0.1) is 18.0 Å². The molecule has 0 aromatic rings. The predicted molar refractivity (Wildman–Crippen MR) is 54.2 cm³/mol. The Hall–Kier alpha value is -0.640. The first-order valence-corrected chi connectivity index (χ1v) is 4.93. The highest BCUT2D eigenvalue weighted by Gasteiger charge is 2.27. The Balaban J connectivity index is 2.39. The normalized spacial score (nSPS) is 28.1. The van der Waals surface area contributed by atoms with Crippen molar-refractivity contribution in [2.75, 3.05) is 7.11 Å². The van der Waals surface area contributed by atoms with Gasteiger partial charge in [-0.3, -0.25) is 4.79 Å².